The van der Waals surface area contributed by atoms with Gasteiger partial charge in [0.2, 0.25) is 5.91 Å². The molecule has 2 aliphatic heterocycles. The number of carbonyl (C=O) groups excluding carboxylic acids is 2. The number of halogens is 1. The molecule has 0 unspecified atom stereocenters. The van der Waals surface area contributed by atoms with Crippen LogP contribution in [-0.4, -0.2) is 46.2 Å². The fourth-order valence-corrected chi connectivity index (χ4v) is 4.74. The number of aryl methyl sites for hydroxylation is 1. The molecule has 3 heterocycles. The Kier molecular flexibility index (Phi) is 4.64. The van der Waals surface area contributed by atoms with Crippen molar-refractivity contribution < 1.29 is 9.59 Å². The van der Waals surface area contributed by atoms with E-state index in [1.54, 1.807) is 19.2 Å². The summed E-state index contributed by atoms with van der Waals surface area (Å²) in [4.78, 5) is 33.1. The van der Waals surface area contributed by atoms with Gasteiger partial charge in [-0.15, -0.1) is 0 Å². The van der Waals surface area contributed by atoms with E-state index in [-0.39, 0.29) is 29.7 Å². The Balaban J connectivity index is 1.62. The van der Waals surface area contributed by atoms with Crippen molar-refractivity contribution in [2.45, 2.75) is 19.9 Å². The van der Waals surface area contributed by atoms with Gasteiger partial charge in [-0.25, -0.2) is 0 Å². The monoisotopic (exact) mass is 383 g/mol. The van der Waals surface area contributed by atoms with Crippen molar-refractivity contribution in [3.05, 3.63) is 64.4 Å². The van der Waals surface area contributed by atoms with E-state index in [4.69, 9.17) is 11.6 Å². The molecule has 140 valence electrons. The standard InChI is InChI=1S/C21H22ClN3O2/c1-13-5-3-4-6-18(13)20-19-12-24(10-16(19)11-25(20)14(2)26)21(27)15-7-17(22)9-23-8-15/h3-9,16,19-20H,10-12H2,1-2H3/t16-,19-,20+/m1/s1. The maximum Gasteiger partial charge on any atom is 0.255 e. The molecule has 0 aliphatic carbocycles. The SMILES string of the molecule is CC(=O)N1C[C@H]2CN(C(=O)c3cncc(Cl)c3)C[C@H]2[C@@H]1c1ccccc1C. The van der Waals surface area contributed by atoms with Gasteiger partial charge < -0.3 is 9.80 Å². The molecule has 5 nitrogen and oxygen atoms in total. The first-order valence-electron chi connectivity index (χ1n) is 9.18. The minimum Gasteiger partial charge on any atom is -0.338 e. The van der Waals surface area contributed by atoms with Gasteiger partial charge in [0.1, 0.15) is 0 Å². The summed E-state index contributed by atoms with van der Waals surface area (Å²) in [5, 5.41) is 0.459. The zero-order valence-corrected chi connectivity index (χ0v) is 16.2. The zero-order chi connectivity index (χ0) is 19.1. The highest BCUT2D eigenvalue weighted by Gasteiger charge is 2.49. The van der Waals surface area contributed by atoms with Crippen LogP contribution in [0.1, 0.15) is 34.5 Å². The lowest BCUT2D eigenvalue weighted by molar-refractivity contribution is -0.130. The second-order valence-electron chi connectivity index (χ2n) is 7.50. The quantitative estimate of drug-likeness (QED) is 0.799. The Bertz CT molecular complexity index is 901. The molecule has 0 bridgehead atoms. The van der Waals surface area contributed by atoms with Gasteiger partial charge in [-0.1, -0.05) is 35.9 Å². The number of pyridine rings is 1. The van der Waals surface area contributed by atoms with Crippen LogP contribution in [0.3, 0.4) is 0 Å². The largest absolute Gasteiger partial charge is 0.338 e. The molecule has 2 amide bonds. The topological polar surface area (TPSA) is 53.5 Å². The number of likely N-dealkylation sites (tertiary alicyclic amines) is 2. The highest BCUT2D eigenvalue weighted by Crippen LogP contribution is 2.46. The smallest absolute Gasteiger partial charge is 0.255 e. The third-order valence-corrected chi connectivity index (χ3v) is 6.02. The lowest BCUT2D eigenvalue weighted by Gasteiger charge is -2.30. The average Bonchev–Trinajstić information content (AvgIpc) is 3.20. The average molecular weight is 384 g/mol. The first-order valence-corrected chi connectivity index (χ1v) is 9.56. The molecular formula is C21H22ClN3O2. The van der Waals surface area contributed by atoms with Crippen LogP contribution in [0.25, 0.3) is 0 Å². The summed E-state index contributed by atoms with van der Waals surface area (Å²) < 4.78 is 0. The number of hydrogen-bond acceptors (Lipinski definition) is 3. The van der Waals surface area contributed by atoms with Gasteiger partial charge in [0.15, 0.2) is 0 Å². The molecule has 6 heteroatoms. The molecule has 27 heavy (non-hydrogen) atoms. The Hall–Kier alpha value is -2.40. The maximum absolute atomic E-state index is 12.9. The van der Waals surface area contributed by atoms with Gasteiger partial charge in [0, 0.05) is 50.8 Å². The van der Waals surface area contributed by atoms with E-state index in [0.717, 1.165) is 0 Å². The van der Waals surface area contributed by atoms with E-state index in [2.05, 4.69) is 24.0 Å². The van der Waals surface area contributed by atoms with Crippen molar-refractivity contribution in [1.82, 2.24) is 14.8 Å². The van der Waals surface area contributed by atoms with Crippen molar-refractivity contribution in [2.24, 2.45) is 11.8 Å². The summed E-state index contributed by atoms with van der Waals surface area (Å²) in [6, 6.07) is 9.89. The van der Waals surface area contributed by atoms with Crippen LogP contribution in [0.15, 0.2) is 42.7 Å². The normalized spacial score (nSPS) is 24.2. The van der Waals surface area contributed by atoms with Gasteiger partial charge in [-0.05, 0) is 24.1 Å². The minimum absolute atomic E-state index is 0.0176. The lowest BCUT2D eigenvalue weighted by atomic mass is 9.87. The third-order valence-electron chi connectivity index (χ3n) is 5.81. The second-order valence-corrected chi connectivity index (χ2v) is 7.94. The van der Waals surface area contributed by atoms with Gasteiger partial charge >= 0.3 is 0 Å². The van der Waals surface area contributed by atoms with Crippen LogP contribution in [0.2, 0.25) is 5.02 Å². The first-order chi connectivity index (χ1) is 13.0. The molecule has 1 aromatic carbocycles. The molecule has 0 saturated carbocycles. The first kappa shape index (κ1) is 18.0. The highest BCUT2D eigenvalue weighted by molar-refractivity contribution is 6.30. The van der Waals surface area contributed by atoms with Gasteiger partial charge in [0.25, 0.3) is 5.91 Å². The van der Waals surface area contributed by atoms with Gasteiger partial charge in [-0.2, -0.15) is 0 Å². The highest BCUT2D eigenvalue weighted by atomic mass is 35.5. The zero-order valence-electron chi connectivity index (χ0n) is 15.4. The summed E-state index contributed by atoms with van der Waals surface area (Å²) in [7, 11) is 0. The number of fused-ring (bicyclic) bond motifs is 1. The molecule has 2 aliphatic rings. The molecule has 0 spiro atoms. The fraction of sp³-hybridized carbons (Fsp3) is 0.381. The number of carbonyl (C=O) groups is 2. The van der Waals surface area contributed by atoms with E-state index < -0.39 is 0 Å². The van der Waals surface area contributed by atoms with Crippen LogP contribution >= 0.6 is 11.6 Å². The van der Waals surface area contributed by atoms with Crippen molar-refractivity contribution in [3.63, 3.8) is 0 Å². The Morgan fingerprint density at radius 2 is 1.93 bits per heavy atom. The minimum atomic E-state index is -0.0442. The number of aromatic nitrogens is 1. The number of benzene rings is 1. The predicted molar refractivity (Wildman–Crippen MR) is 103 cm³/mol. The third kappa shape index (κ3) is 3.21. The van der Waals surface area contributed by atoms with Crippen LogP contribution in [0.4, 0.5) is 0 Å². The van der Waals surface area contributed by atoms with Gasteiger partial charge in [-0.3, -0.25) is 14.6 Å². The summed E-state index contributed by atoms with van der Waals surface area (Å²) in [6.07, 6.45) is 3.08. The fourth-order valence-electron chi connectivity index (χ4n) is 4.56. The van der Waals surface area contributed by atoms with Crippen LogP contribution in [-0.2, 0) is 4.79 Å². The maximum atomic E-state index is 12.9. The van der Waals surface area contributed by atoms with E-state index >= 15 is 0 Å². The molecular weight excluding hydrogens is 362 g/mol. The number of rotatable bonds is 2. The molecule has 0 radical (unpaired) electrons. The summed E-state index contributed by atoms with van der Waals surface area (Å²) in [5.41, 5.74) is 2.87. The number of amides is 2. The van der Waals surface area contributed by atoms with Crippen LogP contribution in [0.5, 0.6) is 0 Å². The number of hydrogen-bond donors (Lipinski definition) is 0. The lowest BCUT2D eigenvalue weighted by Crippen LogP contribution is -2.36. The number of nitrogens with zero attached hydrogens (tertiary/aromatic N) is 3. The Morgan fingerprint density at radius 3 is 2.63 bits per heavy atom. The van der Waals surface area contributed by atoms with Crippen molar-refractivity contribution >= 4 is 23.4 Å². The van der Waals surface area contributed by atoms with Gasteiger partial charge in [0.05, 0.1) is 16.6 Å². The van der Waals surface area contributed by atoms with E-state index in [9.17, 15) is 9.59 Å². The van der Waals surface area contributed by atoms with E-state index in [1.807, 2.05) is 21.9 Å². The Morgan fingerprint density at radius 1 is 1.15 bits per heavy atom. The summed E-state index contributed by atoms with van der Waals surface area (Å²) >= 11 is 5.99. The van der Waals surface area contributed by atoms with Crippen molar-refractivity contribution in [3.8, 4) is 0 Å². The van der Waals surface area contributed by atoms with Crippen molar-refractivity contribution in [2.75, 3.05) is 19.6 Å². The summed E-state index contributed by atoms with van der Waals surface area (Å²) in [5.74, 6) is 0.576. The van der Waals surface area contributed by atoms with Crippen LogP contribution < -0.4 is 0 Å². The molecule has 2 saturated heterocycles. The molecule has 2 aromatic rings. The van der Waals surface area contributed by atoms with Crippen molar-refractivity contribution in [1.29, 1.82) is 0 Å². The molecule has 3 atom stereocenters. The molecule has 4 rings (SSSR count). The summed E-state index contributed by atoms with van der Waals surface area (Å²) in [6.45, 7) is 5.70. The van der Waals surface area contributed by atoms with Crippen LogP contribution in [0, 0.1) is 18.8 Å². The molecule has 1 aromatic heterocycles. The van der Waals surface area contributed by atoms with E-state index in [1.165, 1.54) is 17.3 Å². The Labute approximate surface area is 163 Å². The second kappa shape index (κ2) is 6.97. The molecule has 0 N–H and O–H groups in total. The molecule has 2 fully saturated rings. The predicted octanol–water partition coefficient (Wildman–Crippen LogP) is 3.34. The van der Waals surface area contributed by atoms with E-state index in [0.29, 0.717) is 30.2 Å².